The average Bonchev–Trinajstić information content (AvgIpc) is 2.48. The molecule has 104 valence electrons. The Morgan fingerprint density at radius 1 is 1.05 bits per heavy atom. The van der Waals surface area contributed by atoms with Gasteiger partial charge in [-0.1, -0.05) is 54.6 Å². The highest BCUT2D eigenvalue weighted by Crippen LogP contribution is 2.36. The third-order valence-electron chi connectivity index (χ3n) is 2.88. The van der Waals surface area contributed by atoms with E-state index in [0.29, 0.717) is 11.1 Å². The van der Waals surface area contributed by atoms with Gasteiger partial charge in [0.15, 0.2) is 0 Å². The molecular weight excluding hydrogens is 262 g/mol. The fourth-order valence-corrected chi connectivity index (χ4v) is 1.96. The number of benzene rings is 2. The molecule has 0 atom stereocenters. The van der Waals surface area contributed by atoms with Crippen molar-refractivity contribution in [1.82, 2.24) is 0 Å². The van der Waals surface area contributed by atoms with Crippen molar-refractivity contribution in [2.45, 2.75) is 12.8 Å². The maximum Gasteiger partial charge on any atom is 0.382 e. The number of hydrogen-bond acceptors (Lipinski definition) is 2. The molecule has 0 fully saturated rings. The standard InChI is InChI=1S/C16H14F2O2/c1-2-20-15(19)16(17,18)14-11-7-6-10-13(14)12-8-4-3-5-9-12/h3-11H,2H2,1H3. The Hall–Kier alpha value is -2.23. The number of carbonyl (C=O) groups is 1. The zero-order valence-corrected chi connectivity index (χ0v) is 11.0. The van der Waals surface area contributed by atoms with E-state index in [1.165, 1.54) is 19.1 Å². The topological polar surface area (TPSA) is 26.3 Å². The van der Waals surface area contributed by atoms with Crippen LogP contribution in [0.5, 0.6) is 0 Å². The Bertz CT molecular complexity index is 594. The van der Waals surface area contributed by atoms with Crippen molar-refractivity contribution in [3.05, 3.63) is 60.2 Å². The quantitative estimate of drug-likeness (QED) is 0.789. The minimum absolute atomic E-state index is 0.0814. The van der Waals surface area contributed by atoms with Gasteiger partial charge in [0.25, 0.3) is 0 Å². The average molecular weight is 276 g/mol. The second-order valence-electron chi connectivity index (χ2n) is 4.21. The van der Waals surface area contributed by atoms with Gasteiger partial charge >= 0.3 is 11.9 Å². The third-order valence-corrected chi connectivity index (χ3v) is 2.88. The summed E-state index contributed by atoms with van der Waals surface area (Å²) in [5.41, 5.74) is 0.614. The molecule has 0 aliphatic rings. The van der Waals surface area contributed by atoms with E-state index < -0.39 is 11.9 Å². The fourth-order valence-electron chi connectivity index (χ4n) is 1.96. The summed E-state index contributed by atoms with van der Waals surface area (Å²) in [6, 6.07) is 14.7. The van der Waals surface area contributed by atoms with Crippen molar-refractivity contribution in [2.75, 3.05) is 6.61 Å². The van der Waals surface area contributed by atoms with Crippen LogP contribution in [0.3, 0.4) is 0 Å². The number of hydrogen-bond donors (Lipinski definition) is 0. The van der Waals surface area contributed by atoms with E-state index in [4.69, 9.17) is 0 Å². The first-order chi connectivity index (χ1) is 9.57. The maximum atomic E-state index is 14.2. The van der Waals surface area contributed by atoms with Crippen molar-refractivity contribution in [3.8, 4) is 11.1 Å². The molecule has 2 nitrogen and oxygen atoms in total. The summed E-state index contributed by atoms with van der Waals surface area (Å²) in [6.45, 7) is 1.42. The van der Waals surface area contributed by atoms with Crippen LogP contribution in [-0.4, -0.2) is 12.6 Å². The maximum absolute atomic E-state index is 14.2. The highest BCUT2D eigenvalue weighted by molar-refractivity contribution is 5.83. The largest absolute Gasteiger partial charge is 0.461 e. The zero-order chi connectivity index (χ0) is 14.6. The molecule has 0 radical (unpaired) electrons. The summed E-state index contributed by atoms with van der Waals surface area (Å²) < 4.78 is 32.9. The first-order valence-electron chi connectivity index (χ1n) is 6.27. The Kier molecular flexibility index (Phi) is 4.13. The van der Waals surface area contributed by atoms with E-state index in [1.807, 2.05) is 0 Å². The molecule has 0 heterocycles. The number of ether oxygens (including phenoxy) is 1. The van der Waals surface area contributed by atoms with Gasteiger partial charge < -0.3 is 4.74 Å². The van der Waals surface area contributed by atoms with Crippen LogP contribution < -0.4 is 0 Å². The van der Waals surface area contributed by atoms with Crippen LogP contribution in [0, 0.1) is 0 Å². The lowest BCUT2D eigenvalue weighted by Gasteiger charge is -2.18. The molecule has 2 aromatic rings. The van der Waals surface area contributed by atoms with E-state index in [9.17, 15) is 13.6 Å². The molecule has 0 unspecified atom stereocenters. The predicted octanol–water partition coefficient (Wildman–Crippen LogP) is 4.01. The van der Waals surface area contributed by atoms with E-state index in [2.05, 4.69) is 4.74 Å². The molecule has 0 bridgehead atoms. The predicted molar refractivity (Wildman–Crippen MR) is 72.4 cm³/mol. The van der Waals surface area contributed by atoms with E-state index in [0.717, 1.165) is 0 Å². The van der Waals surface area contributed by atoms with Gasteiger partial charge in [-0.25, -0.2) is 4.79 Å². The minimum atomic E-state index is -3.66. The summed E-state index contributed by atoms with van der Waals surface area (Å²) >= 11 is 0. The number of esters is 1. The summed E-state index contributed by atoms with van der Waals surface area (Å²) in [6.07, 6.45) is 0. The minimum Gasteiger partial charge on any atom is -0.461 e. The first kappa shape index (κ1) is 14.2. The summed E-state index contributed by atoms with van der Waals surface area (Å²) in [4.78, 5) is 11.5. The molecule has 0 saturated carbocycles. The van der Waals surface area contributed by atoms with Gasteiger partial charge in [-0.15, -0.1) is 0 Å². The lowest BCUT2D eigenvalue weighted by Crippen LogP contribution is -2.28. The Labute approximate surface area is 116 Å². The van der Waals surface area contributed by atoms with Gasteiger partial charge in [0.2, 0.25) is 0 Å². The summed E-state index contributed by atoms with van der Waals surface area (Å²) in [7, 11) is 0. The van der Waals surface area contributed by atoms with Crippen LogP contribution in [0.15, 0.2) is 54.6 Å². The van der Waals surface area contributed by atoms with Gasteiger partial charge in [-0.2, -0.15) is 8.78 Å². The molecule has 0 saturated heterocycles. The Morgan fingerprint density at radius 3 is 2.30 bits per heavy atom. The monoisotopic (exact) mass is 276 g/mol. The van der Waals surface area contributed by atoms with Crippen molar-refractivity contribution in [1.29, 1.82) is 0 Å². The molecule has 2 aromatic carbocycles. The lowest BCUT2D eigenvalue weighted by molar-refractivity contribution is -0.173. The lowest BCUT2D eigenvalue weighted by atomic mass is 9.95. The van der Waals surface area contributed by atoms with Crippen LogP contribution in [0.4, 0.5) is 8.78 Å². The number of carbonyl (C=O) groups excluding carboxylic acids is 1. The SMILES string of the molecule is CCOC(=O)C(F)(F)c1ccccc1-c1ccccc1. The van der Waals surface area contributed by atoms with Gasteiger partial charge in [0, 0.05) is 5.56 Å². The zero-order valence-electron chi connectivity index (χ0n) is 11.0. The van der Waals surface area contributed by atoms with Crippen molar-refractivity contribution < 1.29 is 18.3 Å². The normalized spacial score (nSPS) is 11.2. The molecule has 0 aliphatic carbocycles. The third kappa shape index (κ3) is 2.69. The van der Waals surface area contributed by atoms with Crippen LogP contribution in [-0.2, 0) is 15.5 Å². The molecular formula is C16H14F2O2. The van der Waals surface area contributed by atoms with Gasteiger partial charge in [-0.3, -0.25) is 0 Å². The molecule has 2 rings (SSSR count). The van der Waals surface area contributed by atoms with Gasteiger partial charge in [0.1, 0.15) is 0 Å². The van der Waals surface area contributed by atoms with Crippen LogP contribution in [0.25, 0.3) is 11.1 Å². The Balaban J connectivity index is 2.50. The fraction of sp³-hybridized carbons (Fsp3) is 0.188. The van der Waals surface area contributed by atoms with Crippen molar-refractivity contribution in [3.63, 3.8) is 0 Å². The molecule has 0 N–H and O–H groups in total. The smallest absolute Gasteiger partial charge is 0.382 e. The van der Waals surface area contributed by atoms with Gasteiger partial charge in [0.05, 0.1) is 6.61 Å². The second kappa shape index (κ2) is 5.82. The summed E-state index contributed by atoms with van der Waals surface area (Å²) in [5, 5.41) is 0. The van der Waals surface area contributed by atoms with E-state index in [-0.39, 0.29) is 12.2 Å². The number of halogens is 2. The summed E-state index contributed by atoms with van der Waals surface area (Å²) in [5.74, 6) is -5.19. The highest BCUT2D eigenvalue weighted by atomic mass is 19.3. The molecule has 0 spiro atoms. The van der Waals surface area contributed by atoms with E-state index >= 15 is 0 Å². The van der Waals surface area contributed by atoms with Crippen molar-refractivity contribution in [2.24, 2.45) is 0 Å². The second-order valence-corrected chi connectivity index (χ2v) is 4.21. The van der Waals surface area contributed by atoms with Gasteiger partial charge in [-0.05, 0) is 18.1 Å². The van der Waals surface area contributed by atoms with Crippen molar-refractivity contribution >= 4 is 5.97 Å². The molecule has 0 aliphatic heterocycles. The molecule has 0 amide bonds. The first-order valence-corrected chi connectivity index (χ1v) is 6.27. The highest BCUT2D eigenvalue weighted by Gasteiger charge is 2.44. The Morgan fingerprint density at radius 2 is 1.65 bits per heavy atom. The van der Waals surface area contributed by atoms with Crippen LogP contribution in [0.2, 0.25) is 0 Å². The van der Waals surface area contributed by atoms with Crippen LogP contribution in [0.1, 0.15) is 12.5 Å². The molecule has 20 heavy (non-hydrogen) atoms. The van der Waals surface area contributed by atoms with E-state index in [1.54, 1.807) is 42.5 Å². The van der Waals surface area contributed by atoms with Crippen LogP contribution >= 0.6 is 0 Å². The molecule has 0 aromatic heterocycles. The number of rotatable bonds is 4. The number of alkyl halides is 2. The molecule has 4 heteroatoms.